The van der Waals surface area contributed by atoms with Crippen LogP contribution in [0.5, 0.6) is 0 Å². The van der Waals surface area contributed by atoms with Crippen LogP contribution in [-0.2, 0) is 0 Å². The van der Waals surface area contributed by atoms with Gasteiger partial charge < -0.3 is 10.8 Å². The average Bonchev–Trinajstić information content (AvgIpc) is 2.28. The summed E-state index contributed by atoms with van der Waals surface area (Å²) in [7, 11) is 0. The van der Waals surface area contributed by atoms with Crippen LogP contribution in [0.3, 0.4) is 0 Å². The monoisotopic (exact) mass is 299 g/mol. The van der Waals surface area contributed by atoms with Crippen molar-refractivity contribution in [1.82, 2.24) is 0 Å². The van der Waals surface area contributed by atoms with Gasteiger partial charge in [0, 0.05) is 10.4 Å². The fourth-order valence-electron chi connectivity index (χ4n) is 2.02. The number of aliphatic hydroxyl groups is 1. The van der Waals surface area contributed by atoms with Crippen molar-refractivity contribution in [2.45, 2.75) is 33.3 Å². The Kier molecular flexibility index (Phi) is 5.63. The molecule has 0 aliphatic rings. The smallest absolute Gasteiger partial charge is 0.0830 e. The molecule has 17 heavy (non-hydrogen) atoms. The first-order chi connectivity index (χ1) is 7.95. The molecule has 1 aromatic rings. The van der Waals surface area contributed by atoms with Gasteiger partial charge in [-0.25, -0.2) is 0 Å². The van der Waals surface area contributed by atoms with Crippen molar-refractivity contribution in [3.63, 3.8) is 0 Å². The van der Waals surface area contributed by atoms with Crippen molar-refractivity contribution in [3.05, 3.63) is 33.8 Å². The van der Waals surface area contributed by atoms with Crippen LogP contribution in [0.15, 0.2) is 22.7 Å². The van der Waals surface area contributed by atoms with Crippen LogP contribution >= 0.6 is 15.9 Å². The molecule has 2 unspecified atom stereocenters. The highest BCUT2D eigenvalue weighted by Crippen LogP contribution is 2.29. The van der Waals surface area contributed by atoms with E-state index in [4.69, 9.17) is 5.73 Å². The molecule has 96 valence electrons. The van der Waals surface area contributed by atoms with Crippen LogP contribution in [0.2, 0.25) is 0 Å². The Morgan fingerprint density at radius 1 is 1.35 bits per heavy atom. The fraction of sp³-hybridized carbons (Fsp3) is 0.571. The second kappa shape index (κ2) is 6.53. The highest BCUT2D eigenvalue weighted by molar-refractivity contribution is 9.10. The van der Waals surface area contributed by atoms with E-state index >= 15 is 0 Å². The van der Waals surface area contributed by atoms with E-state index in [1.165, 1.54) is 5.56 Å². The number of hydrogen-bond acceptors (Lipinski definition) is 2. The summed E-state index contributed by atoms with van der Waals surface area (Å²) < 4.78 is 1.04. The Bertz CT molecular complexity index is 365. The molecular formula is C14H22BrNO. The van der Waals surface area contributed by atoms with Crippen LogP contribution in [0, 0.1) is 18.8 Å². The molecule has 0 radical (unpaired) electrons. The lowest BCUT2D eigenvalue weighted by atomic mass is 9.88. The van der Waals surface area contributed by atoms with Gasteiger partial charge in [0.15, 0.2) is 0 Å². The van der Waals surface area contributed by atoms with E-state index < -0.39 is 6.10 Å². The molecule has 3 N–H and O–H groups in total. The van der Waals surface area contributed by atoms with Crippen molar-refractivity contribution in [3.8, 4) is 0 Å². The maximum Gasteiger partial charge on any atom is 0.0830 e. The second-order valence-corrected chi connectivity index (χ2v) is 5.93. The van der Waals surface area contributed by atoms with Crippen LogP contribution in [-0.4, -0.2) is 11.7 Å². The van der Waals surface area contributed by atoms with Gasteiger partial charge in [-0.05, 0) is 43.0 Å². The van der Waals surface area contributed by atoms with Crippen LogP contribution in [0.1, 0.15) is 37.5 Å². The quantitative estimate of drug-likeness (QED) is 0.875. The molecule has 0 spiro atoms. The van der Waals surface area contributed by atoms with Crippen LogP contribution in [0.4, 0.5) is 0 Å². The molecule has 2 atom stereocenters. The number of nitrogens with two attached hydrogens (primary N) is 1. The van der Waals surface area contributed by atoms with Gasteiger partial charge in [-0.3, -0.25) is 0 Å². The third-order valence-electron chi connectivity index (χ3n) is 3.06. The molecule has 0 aliphatic carbocycles. The SMILES string of the molecule is Cc1ccc(C(O)C(CN)CC(C)C)cc1Br. The van der Waals surface area contributed by atoms with Gasteiger partial charge in [-0.2, -0.15) is 0 Å². The minimum atomic E-state index is -0.473. The summed E-state index contributed by atoms with van der Waals surface area (Å²) in [6.45, 7) is 6.86. The highest BCUT2D eigenvalue weighted by atomic mass is 79.9. The van der Waals surface area contributed by atoms with Gasteiger partial charge in [0.05, 0.1) is 6.10 Å². The van der Waals surface area contributed by atoms with E-state index in [1.54, 1.807) is 0 Å². The van der Waals surface area contributed by atoms with E-state index in [-0.39, 0.29) is 5.92 Å². The van der Waals surface area contributed by atoms with E-state index in [1.807, 2.05) is 25.1 Å². The van der Waals surface area contributed by atoms with Gasteiger partial charge in [-0.1, -0.05) is 41.9 Å². The summed E-state index contributed by atoms with van der Waals surface area (Å²) in [5, 5.41) is 10.3. The molecule has 1 aromatic carbocycles. The van der Waals surface area contributed by atoms with Gasteiger partial charge in [0.1, 0.15) is 0 Å². The Balaban J connectivity index is 2.85. The van der Waals surface area contributed by atoms with E-state index in [9.17, 15) is 5.11 Å². The normalized spacial score (nSPS) is 15.0. The molecule has 0 aromatic heterocycles. The molecule has 2 nitrogen and oxygen atoms in total. The number of hydrogen-bond donors (Lipinski definition) is 2. The summed E-state index contributed by atoms with van der Waals surface area (Å²) in [5.41, 5.74) is 7.87. The predicted molar refractivity (Wildman–Crippen MR) is 75.8 cm³/mol. The topological polar surface area (TPSA) is 46.2 Å². The maximum atomic E-state index is 10.3. The highest BCUT2D eigenvalue weighted by Gasteiger charge is 2.20. The van der Waals surface area contributed by atoms with Crippen molar-refractivity contribution >= 4 is 15.9 Å². The zero-order valence-electron chi connectivity index (χ0n) is 10.8. The van der Waals surface area contributed by atoms with Crippen molar-refractivity contribution < 1.29 is 5.11 Å². The predicted octanol–water partition coefficient (Wildman–Crippen LogP) is 3.41. The summed E-state index contributed by atoms with van der Waals surface area (Å²) in [4.78, 5) is 0. The summed E-state index contributed by atoms with van der Waals surface area (Å²) in [6.07, 6.45) is 0.475. The first kappa shape index (κ1) is 14.7. The van der Waals surface area contributed by atoms with Crippen molar-refractivity contribution in [2.24, 2.45) is 17.6 Å². The average molecular weight is 300 g/mol. The van der Waals surface area contributed by atoms with E-state index in [2.05, 4.69) is 29.8 Å². The third kappa shape index (κ3) is 4.09. The second-order valence-electron chi connectivity index (χ2n) is 5.08. The molecular weight excluding hydrogens is 278 g/mol. The lowest BCUT2D eigenvalue weighted by molar-refractivity contribution is 0.0994. The van der Waals surface area contributed by atoms with Gasteiger partial charge in [-0.15, -0.1) is 0 Å². The lowest BCUT2D eigenvalue weighted by Crippen LogP contribution is -2.23. The maximum absolute atomic E-state index is 10.3. The Labute approximate surface area is 112 Å². The largest absolute Gasteiger partial charge is 0.388 e. The fourth-order valence-corrected chi connectivity index (χ4v) is 2.42. The van der Waals surface area contributed by atoms with Gasteiger partial charge in [0.25, 0.3) is 0 Å². The van der Waals surface area contributed by atoms with E-state index in [0.717, 1.165) is 16.5 Å². The third-order valence-corrected chi connectivity index (χ3v) is 3.92. The van der Waals surface area contributed by atoms with Crippen LogP contribution in [0.25, 0.3) is 0 Å². The zero-order chi connectivity index (χ0) is 13.0. The minimum Gasteiger partial charge on any atom is -0.388 e. The van der Waals surface area contributed by atoms with E-state index in [0.29, 0.717) is 12.5 Å². The number of aliphatic hydroxyl groups excluding tert-OH is 1. The number of aryl methyl sites for hydroxylation is 1. The standard InChI is InChI=1S/C14H22BrNO/c1-9(2)6-12(8-16)14(17)11-5-4-10(3)13(15)7-11/h4-5,7,9,12,14,17H,6,8,16H2,1-3H3. The van der Waals surface area contributed by atoms with Gasteiger partial charge in [0.2, 0.25) is 0 Å². The lowest BCUT2D eigenvalue weighted by Gasteiger charge is -2.23. The van der Waals surface area contributed by atoms with Crippen molar-refractivity contribution in [2.75, 3.05) is 6.54 Å². The Morgan fingerprint density at radius 3 is 2.47 bits per heavy atom. The Hall–Kier alpha value is -0.380. The molecule has 1 rings (SSSR count). The minimum absolute atomic E-state index is 0.129. The Morgan fingerprint density at radius 2 is 2.00 bits per heavy atom. The molecule has 0 saturated carbocycles. The van der Waals surface area contributed by atoms with Gasteiger partial charge >= 0.3 is 0 Å². The molecule has 0 saturated heterocycles. The molecule has 3 heteroatoms. The number of rotatable bonds is 5. The summed E-state index contributed by atoms with van der Waals surface area (Å²) >= 11 is 3.49. The molecule has 0 fully saturated rings. The van der Waals surface area contributed by atoms with Crippen molar-refractivity contribution in [1.29, 1.82) is 0 Å². The first-order valence-electron chi connectivity index (χ1n) is 6.09. The molecule has 0 amide bonds. The number of benzene rings is 1. The zero-order valence-corrected chi connectivity index (χ0v) is 12.4. The summed E-state index contributed by atoms with van der Waals surface area (Å²) in [5.74, 6) is 0.677. The summed E-state index contributed by atoms with van der Waals surface area (Å²) in [6, 6.07) is 5.99. The van der Waals surface area contributed by atoms with Crippen LogP contribution < -0.4 is 5.73 Å². The molecule has 0 aliphatic heterocycles. The first-order valence-corrected chi connectivity index (χ1v) is 6.89. The number of halogens is 1. The molecule has 0 bridgehead atoms. The molecule has 0 heterocycles.